The molecule has 0 unspecified atom stereocenters. The molecule has 3 aromatic carbocycles. The van der Waals surface area contributed by atoms with Gasteiger partial charge in [0.1, 0.15) is 12.4 Å². The summed E-state index contributed by atoms with van der Waals surface area (Å²) >= 11 is 4.78. The lowest BCUT2D eigenvalue weighted by molar-refractivity contribution is -0.143. The Labute approximate surface area is 294 Å². The number of thiazole rings is 1. The van der Waals surface area contributed by atoms with Crippen LogP contribution in [-0.2, 0) is 25.7 Å². The summed E-state index contributed by atoms with van der Waals surface area (Å²) in [5, 5.41) is 9.02. The van der Waals surface area contributed by atoms with Gasteiger partial charge in [-0.15, -0.1) is 0 Å². The highest BCUT2D eigenvalue weighted by Crippen LogP contribution is 2.36. The molecule has 5 rings (SSSR count). The highest BCUT2D eigenvalue weighted by atomic mass is 79.9. The molecule has 11 nitrogen and oxygen atoms in total. The van der Waals surface area contributed by atoms with Crippen LogP contribution >= 0.6 is 27.3 Å². The van der Waals surface area contributed by atoms with Crippen molar-refractivity contribution >= 4 is 45.3 Å². The molecule has 1 atom stereocenters. The first-order valence-corrected chi connectivity index (χ1v) is 16.9. The number of fused-ring (bicyclic) bond motifs is 1. The van der Waals surface area contributed by atoms with Crippen LogP contribution in [0.15, 0.2) is 86.2 Å². The lowest BCUT2D eigenvalue weighted by Gasteiger charge is -2.25. The number of nitriles is 1. The van der Waals surface area contributed by atoms with E-state index in [-0.39, 0.29) is 24.3 Å². The maximum atomic E-state index is 14.1. The standard InChI is InChI=1S/C36H32BrN3O8S/c1-5-45-29-17-25(12-14-28(29)48-20-31(41)44-4)33-32(35(43)46-6-2)21(3)39-36-40(33)34(42)30(49-36)16-24-11-13-27(26(37)15-24)47-19-23-9-7-22(18-38)8-10-23/h7-17,33H,5-6,19-20H2,1-4H3/b30-16+/t33-/m0/s1. The summed E-state index contributed by atoms with van der Waals surface area (Å²) in [6.45, 7) is 5.66. The van der Waals surface area contributed by atoms with Crippen molar-refractivity contribution in [1.82, 2.24) is 4.57 Å². The number of methoxy groups -OCH3 is 1. The van der Waals surface area contributed by atoms with E-state index >= 15 is 0 Å². The van der Waals surface area contributed by atoms with Gasteiger partial charge in [0.05, 0.1) is 58.3 Å². The van der Waals surface area contributed by atoms with Gasteiger partial charge in [0.25, 0.3) is 5.56 Å². The van der Waals surface area contributed by atoms with Gasteiger partial charge < -0.3 is 23.7 Å². The molecule has 1 aliphatic heterocycles. The van der Waals surface area contributed by atoms with Crippen LogP contribution in [0.2, 0.25) is 0 Å². The third-order valence-electron chi connectivity index (χ3n) is 7.40. The smallest absolute Gasteiger partial charge is 0.343 e. The van der Waals surface area contributed by atoms with Crippen LogP contribution in [-0.4, -0.2) is 43.4 Å². The summed E-state index contributed by atoms with van der Waals surface area (Å²) in [5.74, 6) is 0.0976. The lowest BCUT2D eigenvalue weighted by atomic mass is 9.95. The quantitative estimate of drug-likeness (QED) is 0.184. The number of nitrogens with zero attached hydrogens (tertiary/aromatic N) is 3. The van der Waals surface area contributed by atoms with Gasteiger partial charge in [0.15, 0.2) is 22.9 Å². The number of carbonyl (C=O) groups excluding carboxylic acids is 2. The molecule has 0 spiro atoms. The Kier molecular flexibility index (Phi) is 11.3. The van der Waals surface area contributed by atoms with Crippen molar-refractivity contribution in [3.63, 3.8) is 0 Å². The fraction of sp³-hybridized carbons (Fsp3) is 0.250. The largest absolute Gasteiger partial charge is 0.490 e. The first-order valence-electron chi connectivity index (χ1n) is 15.2. The molecule has 0 aliphatic carbocycles. The van der Waals surface area contributed by atoms with Crippen molar-refractivity contribution < 1.29 is 33.3 Å². The molecule has 0 amide bonds. The average Bonchev–Trinajstić information content (AvgIpc) is 3.40. The summed E-state index contributed by atoms with van der Waals surface area (Å²) in [4.78, 5) is 44.2. The van der Waals surface area contributed by atoms with Gasteiger partial charge in [-0.05, 0) is 95.9 Å². The Bertz CT molecular complexity index is 2150. The fourth-order valence-corrected chi connectivity index (χ4v) is 6.65. The monoisotopic (exact) mass is 745 g/mol. The molecular weight excluding hydrogens is 714 g/mol. The van der Waals surface area contributed by atoms with E-state index in [1.54, 1.807) is 57.2 Å². The number of carbonyl (C=O) groups is 2. The highest BCUT2D eigenvalue weighted by Gasteiger charge is 2.34. The molecule has 0 fully saturated rings. The second kappa shape index (κ2) is 15.8. The van der Waals surface area contributed by atoms with Gasteiger partial charge in [0, 0.05) is 0 Å². The second-order valence-corrected chi connectivity index (χ2v) is 12.5. The Morgan fingerprint density at radius 2 is 1.76 bits per heavy atom. The molecule has 13 heteroatoms. The molecular formula is C36H32BrN3O8S. The predicted molar refractivity (Wildman–Crippen MR) is 185 cm³/mol. The van der Waals surface area contributed by atoms with Crippen LogP contribution in [0.25, 0.3) is 6.08 Å². The number of allylic oxidation sites excluding steroid dienone is 1. The minimum atomic E-state index is -0.879. The number of rotatable bonds is 12. The van der Waals surface area contributed by atoms with Crippen LogP contribution < -0.4 is 29.1 Å². The summed E-state index contributed by atoms with van der Waals surface area (Å²) < 4.78 is 30.1. The molecule has 2 heterocycles. The van der Waals surface area contributed by atoms with Gasteiger partial charge >= 0.3 is 11.9 Å². The molecule has 49 heavy (non-hydrogen) atoms. The molecule has 0 radical (unpaired) electrons. The minimum absolute atomic E-state index is 0.138. The third kappa shape index (κ3) is 7.93. The number of esters is 2. The van der Waals surface area contributed by atoms with E-state index in [2.05, 4.69) is 31.7 Å². The molecule has 0 N–H and O–H groups in total. The molecule has 0 bridgehead atoms. The molecule has 252 valence electrons. The first-order chi connectivity index (χ1) is 23.7. The van der Waals surface area contributed by atoms with Crippen molar-refractivity contribution in [3.05, 3.63) is 118 Å². The number of aromatic nitrogens is 1. The number of benzene rings is 3. The van der Waals surface area contributed by atoms with E-state index in [9.17, 15) is 14.4 Å². The summed E-state index contributed by atoms with van der Waals surface area (Å²) in [6, 6.07) is 18.9. The van der Waals surface area contributed by atoms with E-state index in [1.165, 1.54) is 23.0 Å². The van der Waals surface area contributed by atoms with Gasteiger partial charge in [-0.25, -0.2) is 14.6 Å². The van der Waals surface area contributed by atoms with Crippen molar-refractivity contribution in [2.75, 3.05) is 26.9 Å². The van der Waals surface area contributed by atoms with Crippen LogP contribution in [0.5, 0.6) is 17.2 Å². The van der Waals surface area contributed by atoms with Crippen LogP contribution in [0.1, 0.15) is 49.1 Å². The zero-order valence-corrected chi connectivity index (χ0v) is 29.6. The molecule has 0 saturated carbocycles. The number of hydrogen-bond acceptors (Lipinski definition) is 11. The van der Waals surface area contributed by atoms with E-state index in [0.29, 0.717) is 61.1 Å². The maximum absolute atomic E-state index is 14.1. The maximum Gasteiger partial charge on any atom is 0.343 e. The SMILES string of the molecule is CCOC(=O)C1=C(C)N=c2s/c(=C/c3ccc(OCc4ccc(C#N)cc4)c(Br)c3)c(=O)n2[C@H]1c1ccc(OCC(=O)OC)c(OCC)c1. The number of ether oxygens (including phenoxy) is 5. The van der Waals surface area contributed by atoms with Gasteiger partial charge in [-0.3, -0.25) is 9.36 Å². The van der Waals surface area contributed by atoms with Gasteiger partial charge in [-0.1, -0.05) is 35.6 Å². The summed E-state index contributed by atoms with van der Waals surface area (Å²) in [6.07, 6.45) is 1.76. The molecule has 4 aromatic rings. The molecule has 1 aromatic heterocycles. The van der Waals surface area contributed by atoms with E-state index in [4.69, 9.17) is 24.2 Å². The Morgan fingerprint density at radius 3 is 2.43 bits per heavy atom. The van der Waals surface area contributed by atoms with Crippen molar-refractivity contribution in [3.8, 4) is 23.3 Å². The Hall–Kier alpha value is -5.19. The Balaban J connectivity index is 1.52. The second-order valence-electron chi connectivity index (χ2n) is 10.6. The predicted octanol–water partition coefficient (Wildman–Crippen LogP) is 4.96. The Morgan fingerprint density at radius 1 is 1.00 bits per heavy atom. The van der Waals surface area contributed by atoms with Crippen LogP contribution in [0.4, 0.5) is 0 Å². The third-order valence-corrected chi connectivity index (χ3v) is 9.01. The fourth-order valence-electron chi connectivity index (χ4n) is 5.10. The van der Waals surface area contributed by atoms with Crippen molar-refractivity contribution in [2.24, 2.45) is 4.99 Å². The van der Waals surface area contributed by atoms with Crippen LogP contribution in [0, 0.1) is 11.3 Å². The lowest BCUT2D eigenvalue weighted by Crippen LogP contribution is -2.40. The van der Waals surface area contributed by atoms with Crippen LogP contribution in [0.3, 0.4) is 0 Å². The van der Waals surface area contributed by atoms with Crippen molar-refractivity contribution in [1.29, 1.82) is 5.26 Å². The topological polar surface area (TPSA) is 138 Å². The van der Waals surface area contributed by atoms with Crippen molar-refractivity contribution in [2.45, 2.75) is 33.4 Å². The molecule has 0 saturated heterocycles. The molecule has 1 aliphatic rings. The number of hydrogen-bond donors (Lipinski definition) is 0. The zero-order chi connectivity index (χ0) is 35.1. The van der Waals surface area contributed by atoms with E-state index in [0.717, 1.165) is 11.1 Å². The zero-order valence-electron chi connectivity index (χ0n) is 27.2. The van der Waals surface area contributed by atoms with E-state index < -0.39 is 18.0 Å². The van der Waals surface area contributed by atoms with E-state index in [1.807, 2.05) is 30.3 Å². The summed E-state index contributed by atoms with van der Waals surface area (Å²) in [5.41, 5.74) is 3.10. The minimum Gasteiger partial charge on any atom is -0.490 e. The average molecular weight is 747 g/mol. The van der Waals surface area contributed by atoms with Gasteiger partial charge in [0.2, 0.25) is 0 Å². The first kappa shape index (κ1) is 35.1. The summed E-state index contributed by atoms with van der Waals surface area (Å²) in [7, 11) is 1.27. The highest BCUT2D eigenvalue weighted by molar-refractivity contribution is 9.10. The number of halogens is 1. The van der Waals surface area contributed by atoms with Gasteiger partial charge in [-0.2, -0.15) is 5.26 Å². The normalized spacial score (nSPS) is 14.0.